The summed E-state index contributed by atoms with van der Waals surface area (Å²) < 4.78 is 33.7. The lowest BCUT2D eigenvalue weighted by atomic mass is 9.49. The number of piperidine rings is 1. The molecular formula is C27H34ClN5O5S. The van der Waals surface area contributed by atoms with E-state index in [1.54, 1.807) is 30.3 Å². The number of ether oxygens (including phenoxy) is 1. The fourth-order valence-corrected chi connectivity index (χ4v) is 6.62. The number of hydrogen-bond acceptors (Lipinski definition) is 9. The van der Waals surface area contributed by atoms with Crippen molar-refractivity contribution in [2.45, 2.75) is 52.7 Å². The molecule has 1 amide bonds. The Balaban J connectivity index is 1.34. The molecule has 1 aliphatic carbocycles. The first-order chi connectivity index (χ1) is 18.2. The van der Waals surface area contributed by atoms with E-state index in [1.165, 1.54) is 0 Å². The van der Waals surface area contributed by atoms with E-state index < -0.39 is 20.9 Å². The van der Waals surface area contributed by atoms with Crippen LogP contribution in [0.1, 0.15) is 56.6 Å². The Labute approximate surface area is 234 Å². The number of rotatable bonds is 8. The number of halogens is 1. The second kappa shape index (κ2) is 10.9. The number of anilines is 1. The first kappa shape index (κ1) is 29.1. The molecule has 2 heterocycles. The third-order valence-electron chi connectivity index (χ3n) is 7.77. The van der Waals surface area contributed by atoms with Gasteiger partial charge in [0.2, 0.25) is 0 Å². The molecule has 0 atom stereocenters. The average Bonchev–Trinajstić information content (AvgIpc) is 2.89. The summed E-state index contributed by atoms with van der Waals surface area (Å²) in [5.41, 5.74) is -0.169. The fourth-order valence-electron chi connectivity index (χ4n) is 5.96. The summed E-state index contributed by atoms with van der Waals surface area (Å²) in [6.45, 7) is 9.76. The second-order valence-corrected chi connectivity index (χ2v) is 13.5. The Morgan fingerprint density at radius 3 is 2.36 bits per heavy atom. The number of nitriles is 1. The van der Waals surface area contributed by atoms with Gasteiger partial charge in [-0.15, -0.1) is 10.2 Å². The highest BCUT2D eigenvalue weighted by Crippen LogP contribution is 2.55. The van der Waals surface area contributed by atoms with E-state index in [1.807, 2.05) is 33.8 Å². The van der Waals surface area contributed by atoms with E-state index in [2.05, 4.69) is 20.4 Å². The minimum atomic E-state index is -3.44. The maximum Gasteiger partial charge on any atom is 0.272 e. The number of nitrogens with zero attached hydrogens (tertiary/aromatic N) is 4. The molecule has 210 valence electrons. The molecule has 10 nitrogen and oxygen atoms in total. The smallest absolute Gasteiger partial charge is 0.272 e. The van der Waals surface area contributed by atoms with Gasteiger partial charge in [-0.25, -0.2) is 0 Å². The van der Waals surface area contributed by atoms with Gasteiger partial charge in [0.25, 0.3) is 16.0 Å². The van der Waals surface area contributed by atoms with Gasteiger partial charge in [0, 0.05) is 36.0 Å². The van der Waals surface area contributed by atoms with Crippen molar-refractivity contribution in [2.24, 2.45) is 16.7 Å². The van der Waals surface area contributed by atoms with Crippen LogP contribution < -0.4 is 15.0 Å². The lowest BCUT2D eigenvalue weighted by molar-refractivity contribution is -0.164. The monoisotopic (exact) mass is 575 g/mol. The quantitative estimate of drug-likeness (QED) is 0.466. The van der Waals surface area contributed by atoms with Crippen LogP contribution in [0.4, 0.5) is 5.82 Å². The van der Waals surface area contributed by atoms with Crippen molar-refractivity contribution in [1.82, 2.24) is 15.5 Å². The fraction of sp³-hybridized carbons (Fsp3) is 0.556. The molecule has 1 aromatic heterocycles. The number of hydrogen-bond donors (Lipinski definition) is 1. The maximum atomic E-state index is 13.1. The molecule has 1 saturated carbocycles. The Morgan fingerprint density at radius 2 is 1.82 bits per heavy atom. The van der Waals surface area contributed by atoms with Gasteiger partial charge in [-0.05, 0) is 43.0 Å². The molecule has 0 unspecified atom stereocenters. The summed E-state index contributed by atoms with van der Waals surface area (Å²) >= 11 is 6.18. The number of carbonyl (C=O) groups excluding carboxylic acids is 1. The van der Waals surface area contributed by atoms with Crippen molar-refractivity contribution in [2.75, 3.05) is 30.9 Å². The third-order valence-corrected chi connectivity index (χ3v) is 8.65. The van der Waals surface area contributed by atoms with Crippen LogP contribution in [-0.4, -0.2) is 62.6 Å². The summed E-state index contributed by atoms with van der Waals surface area (Å²) in [7, 11) is -3.44. The van der Waals surface area contributed by atoms with E-state index in [4.69, 9.17) is 25.8 Å². The van der Waals surface area contributed by atoms with Crippen LogP contribution in [0.3, 0.4) is 0 Å². The van der Waals surface area contributed by atoms with Crippen LogP contribution in [0.5, 0.6) is 5.75 Å². The lowest BCUT2D eigenvalue weighted by Gasteiger charge is -2.63. The van der Waals surface area contributed by atoms with E-state index in [0.29, 0.717) is 35.2 Å². The molecule has 1 aliphatic heterocycles. The molecule has 4 rings (SSSR count). The highest BCUT2D eigenvalue weighted by molar-refractivity contribution is 7.85. The second-order valence-electron chi connectivity index (χ2n) is 11.5. The molecule has 2 fully saturated rings. The number of aromatic nitrogens is 2. The third kappa shape index (κ3) is 6.29. The maximum absolute atomic E-state index is 13.1. The molecular weight excluding hydrogens is 542 g/mol. The zero-order valence-electron chi connectivity index (χ0n) is 22.8. The van der Waals surface area contributed by atoms with Gasteiger partial charge >= 0.3 is 0 Å². The SMILES string of the molecule is CC1(C)[C@H](NC(=O)c2ccc(N3CCC(COS(C)(=O)=O)CC3)nn2)C(C)(C)[C@H]1Oc1ccc(C#N)c(Cl)c1. The molecule has 12 heteroatoms. The first-order valence-electron chi connectivity index (χ1n) is 12.8. The van der Waals surface area contributed by atoms with Gasteiger partial charge < -0.3 is 15.0 Å². The Kier molecular flexibility index (Phi) is 8.13. The average molecular weight is 576 g/mol. The van der Waals surface area contributed by atoms with Gasteiger partial charge in [-0.1, -0.05) is 39.3 Å². The molecule has 1 N–H and O–H groups in total. The van der Waals surface area contributed by atoms with E-state index in [0.717, 1.165) is 19.1 Å². The van der Waals surface area contributed by atoms with Crippen molar-refractivity contribution in [1.29, 1.82) is 5.26 Å². The highest BCUT2D eigenvalue weighted by atomic mass is 35.5. The van der Waals surface area contributed by atoms with Crippen LogP contribution in [-0.2, 0) is 14.3 Å². The van der Waals surface area contributed by atoms with Crippen molar-refractivity contribution >= 4 is 33.4 Å². The van der Waals surface area contributed by atoms with Gasteiger partial charge in [0.05, 0.1) is 23.4 Å². The summed E-state index contributed by atoms with van der Waals surface area (Å²) in [4.78, 5) is 15.2. The summed E-state index contributed by atoms with van der Waals surface area (Å²) in [5.74, 6) is 1.11. The molecule has 1 aromatic carbocycles. The first-order valence-corrected chi connectivity index (χ1v) is 15.0. The molecule has 1 saturated heterocycles. The van der Waals surface area contributed by atoms with E-state index >= 15 is 0 Å². The molecule has 2 aromatic rings. The molecule has 39 heavy (non-hydrogen) atoms. The van der Waals surface area contributed by atoms with E-state index in [9.17, 15) is 13.2 Å². The van der Waals surface area contributed by atoms with Crippen LogP contribution in [0.2, 0.25) is 5.02 Å². The Bertz CT molecular complexity index is 1350. The summed E-state index contributed by atoms with van der Waals surface area (Å²) in [5, 5.41) is 21.0. The molecule has 2 aliphatic rings. The van der Waals surface area contributed by atoms with Crippen LogP contribution >= 0.6 is 11.6 Å². The normalized spacial score (nSPS) is 22.4. The minimum Gasteiger partial charge on any atom is -0.489 e. The summed E-state index contributed by atoms with van der Waals surface area (Å²) in [6, 6.07) is 10.3. The zero-order chi connectivity index (χ0) is 28.6. The Hall–Kier alpha value is -2.94. The number of amides is 1. The highest BCUT2D eigenvalue weighted by Gasteiger charge is 2.64. The molecule has 0 bridgehead atoms. The van der Waals surface area contributed by atoms with Crippen LogP contribution in [0, 0.1) is 28.1 Å². The van der Waals surface area contributed by atoms with Gasteiger partial charge in [0.15, 0.2) is 11.5 Å². The predicted molar refractivity (Wildman–Crippen MR) is 147 cm³/mol. The van der Waals surface area contributed by atoms with Crippen molar-refractivity contribution in [3.05, 3.63) is 46.6 Å². The Morgan fingerprint density at radius 1 is 1.15 bits per heavy atom. The number of nitrogens with one attached hydrogen (secondary N) is 1. The standard InChI is InChI=1S/C27H34ClN5O5S/c1-26(2)24(27(3,4)25(26)38-19-7-6-18(15-29)20(28)14-19)30-23(34)21-8-9-22(32-31-21)33-12-10-17(11-13-33)16-37-39(5,35)36/h6-9,14,17,24-25H,10-13,16H2,1-5H3,(H,30,34)/t24-,25-. The van der Waals surface area contributed by atoms with E-state index in [-0.39, 0.29) is 36.3 Å². The van der Waals surface area contributed by atoms with Crippen LogP contribution in [0.15, 0.2) is 30.3 Å². The predicted octanol–water partition coefficient (Wildman–Crippen LogP) is 3.81. The van der Waals surface area contributed by atoms with Gasteiger partial charge in [-0.3, -0.25) is 8.98 Å². The van der Waals surface area contributed by atoms with Gasteiger partial charge in [0.1, 0.15) is 17.9 Å². The molecule has 0 spiro atoms. The zero-order valence-corrected chi connectivity index (χ0v) is 24.3. The minimum absolute atomic E-state index is 0.171. The van der Waals surface area contributed by atoms with Gasteiger partial charge in [-0.2, -0.15) is 13.7 Å². The molecule has 0 radical (unpaired) electrons. The van der Waals surface area contributed by atoms with Crippen molar-refractivity contribution < 1.29 is 22.1 Å². The van der Waals surface area contributed by atoms with Crippen molar-refractivity contribution in [3.63, 3.8) is 0 Å². The van der Waals surface area contributed by atoms with Crippen LogP contribution in [0.25, 0.3) is 0 Å². The number of carbonyl (C=O) groups is 1. The topological polar surface area (TPSA) is 135 Å². The van der Waals surface area contributed by atoms with Crippen molar-refractivity contribution in [3.8, 4) is 11.8 Å². The lowest BCUT2D eigenvalue weighted by Crippen LogP contribution is -2.74. The number of benzene rings is 1. The summed E-state index contributed by atoms with van der Waals surface area (Å²) in [6.07, 6.45) is 2.41. The largest absolute Gasteiger partial charge is 0.489 e.